The van der Waals surface area contributed by atoms with Crippen LogP contribution in [-0.4, -0.2) is 40.1 Å². The van der Waals surface area contributed by atoms with Gasteiger partial charge in [0, 0.05) is 16.5 Å². The molecule has 0 saturated carbocycles. The van der Waals surface area contributed by atoms with E-state index in [0.717, 1.165) is 39.1 Å². The summed E-state index contributed by atoms with van der Waals surface area (Å²) in [4.78, 5) is 67.8. The van der Waals surface area contributed by atoms with Gasteiger partial charge in [-0.05, 0) is 55.8 Å². The number of amides is 3. The Bertz CT molecular complexity index is 1780. The largest absolute Gasteiger partial charge is 0.462 e. The number of benzene rings is 3. The van der Waals surface area contributed by atoms with Gasteiger partial charge in [-0.3, -0.25) is 23.7 Å². The Hall–Kier alpha value is -4.48. The molecule has 2 aliphatic rings. The van der Waals surface area contributed by atoms with Crippen LogP contribution in [0.1, 0.15) is 39.2 Å². The number of nitrogens with zero attached hydrogens (tertiary/aromatic N) is 2. The lowest BCUT2D eigenvalue weighted by Gasteiger charge is -2.30. The second kappa shape index (κ2) is 11.7. The van der Waals surface area contributed by atoms with E-state index in [2.05, 4.69) is 5.32 Å². The number of anilines is 2. The van der Waals surface area contributed by atoms with Crippen LogP contribution >= 0.6 is 23.1 Å². The van der Waals surface area contributed by atoms with Crippen LogP contribution in [0.15, 0.2) is 88.7 Å². The van der Waals surface area contributed by atoms with E-state index in [4.69, 9.17) is 4.74 Å². The van der Waals surface area contributed by atoms with Crippen molar-refractivity contribution in [3.8, 4) is 0 Å². The van der Waals surface area contributed by atoms with Crippen molar-refractivity contribution in [3.05, 3.63) is 110 Å². The van der Waals surface area contributed by atoms with Gasteiger partial charge in [0.05, 0.1) is 28.8 Å². The summed E-state index contributed by atoms with van der Waals surface area (Å²) in [6.45, 7) is 3.66. The first-order chi connectivity index (χ1) is 20.8. The number of nitrogens with one attached hydrogen (secondary N) is 1. The molecule has 6 rings (SSSR count). The molecule has 2 aliphatic heterocycles. The lowest BCUT2D eigenvalue weighted by molar-refractivity contribution is -0.122. The Morgan fingerprint density at radius 1 is 0.907 bits per heavy atom. The van der Waals surface area contributed by atoms with Gasteiger partial charge in [-0.25, -0.2) is 9.69 Å². The normalized spacial score (nSPS) is 19.1. The molecule has 3 amide bonds. The molecular formula is C32H27N3O6S2. The number of ether oxygens (including phenoxy) is 1. The number of rotatable bonds is 7. The Morgan fingerprint density at radius 3 is 2.28 bits per heavy atom. The molecule has 0 bridgehead atoms. The van der Waals surface area contributed by atoms with Crippen LogP contribution in [0.3, 0.4) is 0 Å². The van der Waals surface area contributed by atoms with Crippen molar-refractivity contribution >= 4 is 58.2 Å². The summed E-state index contributed by atoms with van der Waals surface area (Å²) in [6, 6.07) is 22.9. The number of thioether (sulfide) groups is 1. The highest BCUT2D eigenvalue weighted by atomic mass is 32.2. The average molecular weight is 614 g/mol. The number of thiazole rings is 1. The third-order valence-corrected chi connectivity index (χ3v) is 10.1. The van der Waals surface area contributed by atoms with Crippen molar-refractivity contribution in [2.75, 3.05) is 16.8 Å². The molecule has 1 N–H and O–H groups in total. The summed E-state index contributed by atoms with van der Waals surface area (Å²) in [7, 11) is 0. The van der Waals surface area contributed by atoms with Crippen LogP contribution in [0.2, 0.25) is 0 Å². The molecule has 3 heterocycles. The second-order valence-electron chi connectivity index (χ2n) is 10.3. The number of aryl methyl sites for hydroxylation is 1. The summed E-state index contributed by atoms with van der Waals surface area (Å²) < 4.78 is 6.44. The molecule has 1 saturated heterocycles. The summed E-state index contributed by atoms with van der Waals surface area (Å²) in [6.07, 6.45) is 0. The van der Waals surface area contributed by atoms with E-state index in [1.807, 2.05) is 49.4 Å². The molecule has 218 valence electrons. The molecule has 4 aromatic rings. The van der Waals surface area contributed by atoms with Crippen LogP contribution in [0, 0.1) is 12.8 Å². The van der Waals surface area contributed by atoms with Crippen molar-refractivity contribution in [1.82, 2.24) is 4.57 Å². The number of fused-ring (bicyclic) bond motifs is 2. The van der Waals surface area contributed by atoms with Gasteiger partial charge in [0.1, 0.15) is 11.8 Å². The minimum absolute atomic E-state index is 0.230. The first-order valence-corrected chi connectivity index (χ1v) is 15.4. The summed E-state index contributed by atoms with van der Waals surface area (Å²) >= 11 is 2.16. The smallest absolute Gasteiger partial charge is 0.338 e. The fourth-order valence-corrected chi connectivity index (χ4v) is 8.24. The van der Waals surface area contributed by atoms with Crippen molar-refractivity contribution in [2.45, 2.75) is 36.6 Å². The molecule has 43 heavy (non-hydrogen) atoms. The third-order valence-electron chi connectivity index (χ3n) is 7.48. The minimum Gasteiger partial charge on any atom is -0.462 e. The summed E-state index contributed by atoms with van der Waals surface area (Å²) in [5, 5.41) is 2.54. The molecule has 1 fully saturated rings. The SMILES string of the molecule is CCOC(=O)c1ccc(N2C(=O)C3Sc4c(sc(=O)n4CC(=O)Nc4ccc(C)cc4)C(c4ccccc4)C3C2=O)cc1. The maximum atomic E-state index is 14.0. The Morgan fingerprint density at radius 2 is 1.60 bits per heavy atom. The number of esters is 1. The topological polar surface area (TPSA) is 115 Å². The van der Waals surface area contributed by atoms with Crippen molar-refractivity contribution < 1.29 is 23.9 Å². The van der Waals surface area contributed by atoms with Gasteiger partial charge in [0.2, 0.25) is 17.7 Å². The molecule has 3 unspecified atom stereocenters. The standard InChI is InChI=1S/C32H27N3O6S2/c1-3-41-31(39)20-11-15-22(16-12-20)35-28(37)25-24(19-7-5-4-6-8-19)27-30(42-26(25)29(35)38)34(32(40)43-27)17-23(36)33-21-13-9-18(2)10-14-21/h4-16,24-26H,3,17H2,1-2H3,(H,33,36). The van der Waals surface area contributed by atoms with E-state index in [9.17, 15) is 24.0 Å². The molecule has 3 aromatic carbocycles. The number of aromatic nitrogens is 1. The first kappa shape index (κ1) is 28.6. The number of imide groups is 1. The molecule has 0 radical (unpaired) electrons. The molecular weight excluding hydrogens is 587 g/mol. The van der Waals surface area contributed by atoms with Crippen LogP contribution in [0.25, 0.3) is 0 Å². The van der Waals surface area contributed by atoms with Crippen molar-refractivity contribution in [1.29, 1.82) is 0 Å². The van der Waals surface area contributed by atoms with Crippen molar-refractivity contribution in [3.63, 3.8) is 0 Å². The predicted molar refractivity (Wildman–Crippen MR) is 165 cm³/mol. The quantitative estimate of drug-likeness (QED) is 0.235. The Balaban J connectivity index is 1.35. The second-order valence-corrected chi connectivity index (χ2v) is 12.4. The number of hydrogen-bond donors (Lipinski definition) is 1. The Kier molecular flexibility index (Phi) is 7.76. The van der Waals surface area contributed by atoms with Gasteiger partial charge < -0.3 is 10.1 Å². The predicted octanol–water partition coefficient (Wildman–Crippen LogP) is 4.83. The number of carbonyl (C=O) groups is 4. The van der Waals surface area contributed by atoms with Crippen LogP contribution in [0.4, 0.5) is 11.4 Å². The average Bonchev–Trinajstić information content (AvgIpc) is 3.45. The van der Waals surface area contributed by atoms with E-state index in [0.29, 0.717) is 26.8 Å². The maximum Gasteiger partial charge on any atom is 0.338 e. The molecule has 11 heteroatoms. The number of hydrogen-bond acceptors (Lipinski definition) is 8. The lowest BCUT2D eigenvalue weighted by atomic mass is 9.83. The van der Waals surface area contributed by atoms with Gasteiger partial charge in [-0.2, -0.15) is 0 Å². The van der Waals surface area contributed by atoms with Crippen molar-refractivity contribution in [2.24, 2.45) is 5.92 Å². The molecule has 3 atom stereocenters. The highest BCUT2D eigenvalue weighted by Crippen LogP contribution is 2.53. The van der Waals surface area contributed by atoms with E-state index >= 15 is 0 Å². The highest BCUT2D eigenvalue weighted by molar-refractivity contribution is 8.00. The van der Waals surface area contributed by atoms with Gasteiger partial charge in [-0.15, -0.1) is 0 Å². The van der Waals surface area contributed by atoms with Crippen LogP contribution in [-0.2, 0) is 25.7 Å². The molecule has 0 spiro atoms. The van der Waals surface area contributed by atoms with E-state index in [-0.39, 0.29) is 29.8 Å². The van der Waals surface area contributed by atoms with Gasteiger partial charge in [0.15, 0.2) is 0 Å². The zero-order valence-electron chi connectivity index (χ0n) is 23.3. The van der Waals surface area contributed by atoms with Gasteiger partial charge in [0.25, 0.3) is 0 Å². The molecule has 9 nitrogen and oxygen atoms in total. The zero-order chi connectivity index (χ0) is 30.2. The molecule has 1 aromatic heterocycles. The van der Waals surface area contributed by atoms with E-state index < -0.39 is 29.0 Å². The van der Waals surface area contributed by atoms with Crippen LogP contribution in [0.5, 0.6) is 0 Å². The van der Waals surface area contributed by atoms with Crippen LogP contribution < -0.4 is 15.1 Å². The minimum atomic E-state index is -0.810. The fraction of sp³-hybridized carbons (Fsp3) is 0.219. The third kappa shape index (κ3) is 5.30. The van der Waals surface area contributed by atoms with E-state index in [1.54, 1.807) is 31.2 Å². The Labute approximate surface area is 255 Å². The fourth-order valence-electron chi connectivity index (χ4n) is 5.47. The first-order valence-electron chi connectivity index (χ1n) is 13.7. The monoisotopic (exact) mass is 613 g/mol. The number of carbonyl (C=O) groups excluding carboxylic acids is 4. The summed E-state index contributed by atoms with van der Waals surface area (Å²) in [5.41, 5.74) is 3.14. The highest BCUT2D eigenvalue weighted by Gasteiger charge is 2.56. The van der Waals surface area contributed by atoms with E-state index in [1.165, 1.54) is 16.7 Å². The lowest BCUT2D eigenvalue weighted by Crippen LogP contribution is -2.33. The summed E-state index contributed by atoms with van der Waals surface area (Å²) in [5.74, 6) is -2.97. The van der Waals surface area contributed by atoms with Gasteiger partial charge >= 0.3 is 10.8 Å². The zero-order valence-corrected chi connectivity index (χ0v) is 24.9. The maximum absolute atomic E-state index is 14.0. The molecule has 0 aliphatic carbocycles. The van der Waals surface area contributed by atoms with Gasteiger partial charge in [-0.1, -0.05) is 71.1 Å².